The van der Waals surface area contributed by atoms with Crippen molar-refractivity contribution in [1.82, 2.24) is 5.32 Å². The maximum absolute atomic E-state index is 11.4. The molecule has 0 aliphatic carbocycles. The Balaban J connectivity index is 2.00. The first-order chi connectivity index (χ1) is 10.5. The van der Waals surface area contributed by atoms with Crippen molar-refractivity contribution >= 4 is 16.8 Å². The molecule has 0 bridgehead atoms. The molecule has 0 aliphatic heterocycles. The maximum atomic E-state index is 11.4. The number of furan rings is 1. The summed E-state index contributed by atoms with van der Waals surface area (Å²) in [6.45, 7) is 6.26. The van der Waals surface area contributed by atoms with E-state index in [1.165, 1.54) is 6.92 Å². The highest BCUT2D eigenvalue weighted by Gasteiger charge is 2.13. The van der Waals surface area contributed by atoms with Crippen molar-refractivity contribution in [3.63, 3.8) is 0 Å². The maximum Gasteiger partial charge on any atom is 0.194 e. The molecule has 1 aromatic carbocycles. The van der Waals surface area contributed by atoms with Crippen LogP contribution in [0, 0.1) is 0 Å². The zero-order valence-electron chi connectivity index (χ0n) is 13.3. The van der Waals surface area contributed by atoms with Crippen molar-refractivity contribution in [3.05, 3.63) is 30.0 Å². The summed E-state index contributed by atoms with van der Waals surface area (Å²) in [5.41, 5.74) is 0.537. The Kier molecular flexibility index (Phi) is 5.57. The zero-order chi connectivity index (χ0) is 16.1. The number of fused-ring (bicyclic) bond motifs is 1. The largest absolute Gasteiger partial charge is 0.487 e. The quantitative estimate of drug-likeness (QED) is 0.734. The smallest absolute Gasteiger partial charge is 0.194 e. The van der Waals surface area contributed by atoms with Crippen molar-refractivity contribution in [2.75, 3.05) is 13.2 Å². The van der Waals surface area contributed by atoms with Gasteiger partial charge in [-0.25, -0.2) is 0 Å². The number of rotatable bonds is 8. The van der Waals surface area contributed by atoms with Crippen LogP contribution < -0.4 is 10.1 Å². The summed E-state index contributed by atoms with van der Waals surface area (Å²) >= 11 is 0. The molecule has 0 fully saturated rings. The van der Waals surface area contributed by atoms with Crippen LogP contribution in [0.1, 0.15) is 37.7 Å². The molecule has 2 N–H and O–H groups in total. The second-order valence-corrected chi connectivity index (χ2v) is 5.52. The first-order valence-electron chi connectivity index (χ1n) is 7.59. The van der Waals surface area contributed by atoms with Gasteiger partial charge in [0.1, 0.15) is 12.7 Å². The van der Waals surface area contributed by atoms with Gasteiger partial charge in [0, 0.05) is 24.9 Å². The molecular weight excluding hydrogens is 282 g/mol. The Morgan fingerprint density at radius 1 is 1.45 bits per heavy atom. The topological polar surface area (TPSA) is 71.7 Å². The van der Waals surface area contributed by atoms with Crippen LogP contribution in [0.25, 0.3) is 11.0 Å². The zero-order valence-corrected chi connectivity index (χ0v) is 13.3. The van der Waals surface area contributed by atoms with E-state index in [2.05, 4.69) is 19.2 Å². The average Bonchev–Trinajstić information content (AvgIpc) is 2.95. The van der Waals surface area contributed by atoms with Gasteiger partial charge in [-0.05, 0) is 25.5 Å². The van der Waals surface area contributed by atoms with E-state index in [1.54, 1.807) is 12.1 Å². The molecule has 0 aliphatic rings. The molecule has 5 heteroatoms. The van der Waals surface area contributed by atoms with Crippen LogP contribution in [0.4, 0.5) is 0 Å². The number of ether oxygens (including phenoxy) is 1. The predicted octanol–water partition coefficient (Wildman–Crippen LogP) is 2.76. The van der Waals surface area contributed by atoms with Crippen molar-refractivity contribution in [3.8, 4) is 5.75 Å². The minimum atomic E-state index is -0.605. The Bertz CT molecular complexity index is 635. The van der Waals surface area contributed by atoms with Gasteiger partial charge in [-0.3, -0.25) is 4.79 Å². The van der Waals surface area contributed by atoms with Crippen LogP contribution in [0.2, 0.25) is 0 Å². The minimum Gasteiger partial charge on any atom is -0.487 e. The van der Waals surface area contributed by atoms with Crippen LogP contribution in [-0.4, -0.2) is 36.2 Å². The Hall–Kier alpha value is -1.85. The highest BCUT2D eigenvalue weighted by molar-refractivity contribution is 5.97. The first kappa shape index (κ1) is 16.5. The van der Waals surface area contributed by atoms with Gasteiger partial charge >= 0.3 is 0 Å². The van der Waals surface area contributed by atoms with Crippen molar-refractivity contribution in [1.29, 1.82) is 0 Å². The standard InChI is InChI=1S/C17H23NO4/c1-4-11(2)18-9-14(20)10-21-15-7-5-6-13-8-16(12(3)19)22-17(13)15/h5-8,11,14,18,20H,4,9-10H2,1-3H3/t11-,14-/m1/s1. The fraction of sp³-hybridized carbons (Fsp3) is 0.471. The van der Waals surface area contributed by atoms with Gasteiger partial charge in [0.15, 0.2) is 22.9 Å². The lowest BCUT2D eigenvalue weighted by molar-refractivity contribution is 0.0984. The minimum absolute atomic E-state index is 0.125. The number of hydrogen-bond acceptors (Lipinski definition) is 5. The molecule has 1 aromatic heterocycles. The lowest BCUT2D eigenvalue weighted by Gasteiger charge is -2.16. The Morgan fingerprint density at radius 2 is 2.23 bits per heavy atom. The molecule has 2 rings (SSSR count). The third kappa shape index (κ3) is 4.08. The van der Waals surface area contributed by atoms with Crippen molar-refractivity contribution in [2.24, 2.45) is 0 Å². The van der Waals surface area contributed by atoms with Crippen LogP contribution in [0.3, 0.4) is 0 Å². The Morgan fingerprint density at radius 3 is 2.91 bits per heavy atom. The SMILES string of the molecule is CC[C@@H](C)NC[C@@H](O)COc1cccc2cc(C(C)=O)oc12. The third-order valence-electron chi connectivity index (χ3n) is 3.60. The number of carbonyl (C=O) groups is 1. The van der Waals surface area contributed by atoms with Gasteiger partial charge in [0.2, 0.25) is 0 Å². The van der Waals surface area contributed by atoms with E-state index in [4.69, 9.17) is 9.15 Å². The number of hydrogen-bond donors (Lipinski definition) is 2. The summed E-state index contributed by atoms with van der Waals surface area (Å²) in [6.07, 6.45) is 0.402. The van der Waals surface area contributed by atoms with Gasteiger partial charge in [0.25, 0.3) is 0 Å². The fourth-order valence-electron chi connectivity index (χ4n) is 2.05. The van der Waals surface area contributed by atoms with Crippen LogP contribution in [0.15, 0.2) is 28.7 Å². The van der Waals surface area contributed by atoms with Gasteiger partial charge in [-0.15, -0.1) is 0 Å². The normalized spacial score (nSPS) is 14.0. The number of nitrogens with one attached hydrogen (secondary N) is 1. The van der Waals surface area contributed by atoms with E-state index in [-0.39, 0.29) is 12.4 Å². The summed E-state index contributed by atoms with van der Waals surface area (Å²) in [6, 6.07) is 7.52. The van der Waals surface area contributed by atoms with Gasteiger partial charge < -0.3 is 19.6 Å². The summed E-state index contributed by atoms with van der Waals surface area (Å²) in [5, 5.41) is 14.0. The summed E-state index contributed by atoms with van der Waals surface area (Å²) in [5.74, 6) is 0.720. The molecule has 2 atom stereocenters. The summed E-state index contributed by atoms with van der Waals surface area (Å²) < 4.78 is 11.2. The third-order valence-corrected chi connectivity index (χ3v) is 3.60. The number of aliphatic hydroxyl groups excluding tert-OH is 1. The van der Waals surface area contributed by atoms with Gasteiger partial charge in [-0.1, -0.05) is 19.1 Å². The molecule has 1 heterocycles. The second kappa shape index (κ2) is 7.42. The van der Waals surface area contributed by atoms with Crippen LogP contribution >= 0.6 is 0 Å². The highest BCUT2D eigenvalue weighted by Crippen LogP contribution is 2.29. The number of Topliss-reactive ketones (excluding diaryl/α,β-unsaturated/α-hetero) is 1. The number of benzene rings is 1. The molecule has 2 aromatic rings. The van der Waals surface area contributed by atoms with Crippen molar-refractivity contribution in [2.45, 2.75) is 39.3 Å². The van der Waals surface area contributed by atoms with E-state index in [1.807, 2.05) is 12.1 Å². The number of para-hydroxylation sites is 1. The monoisotopic (exact) mass is 305 g/mol. The molecule has 22 heavy (non-hydrogen) atoms. The van der Waals surface area contributed by atoms with E-state index in [9.17, 15) is 9.90 Å². The lowest BCUT2D eigenvalue weighted by Crippen LogP contribution is -2.36. The summed E-state index contributed by atoms with van der Waals surface area (Å²) in [4.78, 5) is 11.4. The molecule has 0 amide bonds. The molecule has 0 unspecified atom stereocenters. The van der Waals surface area contributed by atoms with Crippen LogP contribution in [0.5, 0.6) is 5.75 Å². The molecule has 0 radical (unpaired) electrons. The Labute approximate surface area is 130 Å². The molecular formula is C17H23NO4. The highest BCUT2D eigenvalue weighted by atomic mass is 16.5. The van der Waals surface area contributed by atoms with Gasteiger partial charge in [-0.2, -0.15) is 0 Å². The molecule has 5 nitrogen and oxygen atoms in total. The molecule has 0 saturated heterocycles. The van der Waals surface area contributed by atoms with E-state index in [0.29, 0.717) is 29.7 Å². The molecule has 120 valence electrons. The van der Waals surface area contributed by atoms with E-state index in [0.717, 1.165) is 11.8 Å². The van der Waals surface area contributed by atoms with Crippen LogP contribution in [-0.2, 0) is 0 Å². The summed E-state index contributed by atoms with van der Waals surface area (Å²) in [7, 11) is 0. The average molecular weight is 305 g/mol. The molecule has 0 saturated carbocycles. The second-order valence-electron chi connectivity index (χ2n) is 5.52. The predicted molar refractivity (Wildman–Crippen MR) is 85.5 cm³/mol. The number of ketones is 1. The number of aliphatic hydroxyl groups is 1. The lowest BCUT2D eigenvalue weighted by atomic mass is 10.2. The molecule has 0 spiro atoms. The van der Waals surface area contributed by atoms with E-state index < -0.39 is 6.10 Å². The van der Waals surface area contributed by atoms with Gasteiger partial charge in [0.05, 0.1) is 0 Å². The fourth-order valence-corrected chi connectivity index (χ4v) is 2.05. The van der Waals surface area contributed by atoms with Crippen molar-refractivity contribution < 1.29 is 19.1 Å². The van der Waals surface area contributed by atoms with E-state index >= 15 is 0 Å². The first-order valence-corrected chi connectivity index (χ1v) is 7.59. The number of carbonyl (C=O) groups excluding carboxylic acids is 1.